The molecule has 0 heterocycles. The van der Waals surface area contributed by atoms with E-state index >= 15 is 0 Å². The molecule has 0 saturated carbocycles. The lowest BCUT2D eigenvalue weighted by atomic mass is 10.1. The Morgan fingerprint density at radius 1 is 0.850 bits per heavy atom. The number of unbranched alkanes of at least 4 members (excludes halogenated alkanes) is 4. The van der Waals surface area contributed by atoms with Crippen LogP contribution < -0.4 is 0 Å². The van der Waals surface area contributed by atoms with Gasteiger partial charge in [0.1, 0.15) is 0 Å². The second kappa shape index (κ2) is 7.42. The second-order valence-electron chi connectivity index (χ2n) is 4.31. The number of rotatable bonds is 9. The average molecular weight is 316 g/mol. The molecule has 0 rings (SSSR count). The highest BCUT2D eigenvalue weighted by molar-refractivity contribution is 4.89. The minimum Gasteiger partial charge on any atom is -0.318 e. The summed E-state index contributed by atoms with van der Waals surface area (Å²) in [7, 11) is 0. The van der Waals surface area contributed by atoms with Gasteiger partial charge in [0.05, 0.1) is 6.61 Å². The molecule has 0 N–H and O–H groups in total. The third-order valence-electron chi connectivity index (χ3n) is 2.53. The first-order valence-electron chi connectivity index (χ1n) is 6.07. The van der Waals surface area contributed by atoms with Gasteiger partial charge in [-0.25, -0.2) is 4.39 Å². The summed E-state index contributed by atoms with van der Waals surface area (Å²) in [5, 5.41) is 0. The zero-order valence-corrected chi connectivity index (χ0v) is 10.8. The Morgan fingerprint density at radius 2 is 1.35 bits per heavy atom. The van der Waals surface area contributed by atoms with Crippen LogP contribution in [0.25, 0.3) is 0 Å². The van der Waals surface area contributed by atoms with E-state index < -0.39 is 31.0 Å². The molecule has 20 heavy (non-hydrogen) atoms. The second-order valence-corrected chi connectivity index (χ2v) is 4.31. The Bertz CT molecular complexity index is 276. The van der Waals surface area contributed by atoms with Gasteiger partial charge in [0, 0.05) is 0 Å². The number of halogens is 8. The van der Waals surface area contributed by atoms with Crippen LogP contribution in [0.2, 0.25) is 0 Å². The van der Waals surface area contributed by atoms with Gasteiger partial charge >= 0.3 is 18.2 Å². The highest BCUT2D eigenvalue weighted by Gasteiger charge is 2.70. The van der Waals surface area contributed by atoms with Crippen molar-refractivity contribution >= 4 is 0 Å². The van der Waals surface area contributed by atoms with Crippen molar-refractivity contribution < 1.29 is 39.9 Å². The molecule has 1 unspecified atom stereocenters. The summed E-state index contributed by atoms with van der Waals surface area (Å²) < 4.78 is 102. The van der Waals surface area contributed by atoms with Gasteiger partial charge in [0.25, 0.3) is 6.17 Å². The van der Waals surface area contributed by atoms with Crippen molar-refractivity contribution in [3.05, 3.63) is 0 Å². The van der Waals surface area contributed by atoms with Crippen LogP contribution in [0.15, 0.2) is 0 Å². The molecular weight excluding hydrogens is 300 g/mol. The smallest absolute Gasteiger partial charge is 0.318 e. The van der Waals surface area contributed by atoms with Gasteiger partial charge in [-0.1, -0.05) is 32.6 Å². The van der Waals surface area contributed by atoms with Crippen molar-refractivity contribution in [1.82, 2.24) is 0 Å². The molecule has 0 amide bonds. The Morgan fingerprint density at radius 3 is 1.80 bits per heavy atom. The largest absolute Gasteiger partial charge is 0.456 e. The highest BCUT2D eigenvalue weighted by Crippen LogP contribution is 2.45. The third kappa shape index (κ3) is 5.41. The van der Waals surface area contributed by atoms with Crippen molar-refractivity contribution in [2.45, 2.75) is 63.4 Å². The molecule has 0 spiro atoms. The van der Waals surface area contributed by atoms with Crippen LogP contribution in [-0.4, -0.2) is 31.0 Å². The molecule has 0 aliphatic carbocycles. The van der Waals surface area contributed by atoms with Crippen LogP contribution in [0.3, 0.4) is 0 Å². The van der Waals surface area contributed by atoms with Gasteiger partial charge in [0.15, 0.2) is 0 Å². The zero-order valence-electron chi connectivity index (χ0n) is 10.8. The van der Waals surface area contributed by atoms with Crippen molar-refractivity contribution in [3.63, 3.8) is 0 Å². The Labute approximate surface area is 111 Å². The van der Waals surface area contributed by atoms with E-state index in [4.69, 9.17) is 0 Å². The first-order valence-corrected chi connectivity index (χ1v) is 6.07. The summed E-state index contributed by atoms with van der Waals surface area (Å²) in [6, 6.07) is 0. The van der Waals surface area contributed by atoms with Crippen molar-refractivity contribution in [3.8, 4) is 0 Å². The molecule has 0 saturated heterocycles. The molecular formula is C11H16F8O. The standard InChI is InChI=1S/C11H16F8O/c1-2-3-4-5-6-7-20-10(15,16)8(12)9(13,14)11(17,18)19/h8H,2-7H2,1H3. The quantitative estimate of drug-likeness (QED) is 0.425. The fourth-order valence-corrected chi connectivity index (χ4v) is 1.34. The molecule has 0 bridgehead atoms. The molecule has 9 heteroatoms. The number of hydrogen-bond donors (Lipinski definition) is 0. The number of alkyl halides is 8. The first kappa shape index (κ1) is 19.4. The van der Waals surface area contributed by atoms with E-state index in [1.54, 1.807) is 0 Å². The molecule has 0 radical (unpaired) electrons. The predicted molar refractivity (Wildman–Crippen MR) is 55.6 cm³/mol. The van der Waals surface area contributed by atoms with Gasteiger partial charge in [-0.3, -0.25) is 0 Å². The highest BCUT2D eigenvalue weighted by atomic mass is 19.4. The van der Waals surface area contributed by atoms with Gasteiger partial charge in [-0.05, 0) is 6.42 Å². The third-order valence-corrected chi connectivity index (χ3v) is 2.53. The van der Waals surface area contributed by atoms with E-state index in [-0.39, 0.29) is 6.42 Å². The predicted octanol–water partition coefficient (Wildman–Crippen LogP) is 5.10. The van der Waals surface area contributed by atoms with Crippen molar-refractivity contribution in [2.75, 3.05) is 6.61 Å². The monoisotopic (exact) mass is 316 g/mol. The molecule has 1 nitrogen and oxygen atoms in total. The van der Waals surface area contributed by atoms with E-state index in [0.29, 0.717) is 12.8 Å². The number of ether oxygens (including phenoxy) is 1. The molecule has 0 aromatic heterocycles. The molecule has 0 aromatic carbocycles. The summed E-state index contributed by atoms with van der Waals surface area (Å²) in [6.07, 6.45) is -13.5. The van der Waals surface area contributed by atoms with Gasteiger partial charge in [-0.15, -0.1) is 0 Å². The van der Waals surface area contributed by atoms with E-state index in [9.17, 15) is 35.1 Å². The molecule has 122 valence electrons. The molecule has 1 atom stereocenters. The normalized spacial score (nSPS) is 15.4. The van der Waals surface area contributed by atoms with Crippen LogP contribution in [-0.2, 0) is 4.74 Å². The van der Waals surface area contributed by atoms with Crippen LogP contribution in [0.1, 0.15) is 39.0 Å². The first-order chi connectivity index (χ1) is 8.97. The van der Waals surface area contributed by atoms with Crippen molar-refractivity contribution in [2.24, 2.45) is 0 Å². The fourth-order valence-electron chi connectivity index (χ4n) is 1.34. The maximum Gasteiger partial charge on any atom is 0.456 e. The summed E-state index contributed by atoms with van der Waals surface area (Å²) >= 11 is 0. The molecule has 0 aliphatic heterocycles. The van der Waals surface area contributed by atoms with E-state index in [0.717, 1.165) is 12.8 Å². The van der Waals surface area contributed by atoms with E-state index in [1.807, 2.05) is 6.92 Å². The lowest BCUT2D eigenvalue weighted by molar-refractivity contribution is -0.370. The number of hydrogen-bond acceptors (Lipinski definition) is 1. The average Bonchev–Trinajstić information content (AvgIpc) is 2.31. The maximum absolute atomic E-state index is 12.8. The SMILES string of the molecule is CCCCCCCOC(F)(F)C(F)C(F)(F)C(F)(F)F. The summed E-state index contributed by atoms with van der Waals surface area (Å²) in [6.45, 7) is 1.11. The lowest BCUT2D eigenvalue weighted by Gasteiger charge is -2.28. The minimum atomic E-state index is -6.40. The zero-order chi connectivity index (χ0) is 16.0. The maximum atomic E-state index is 12.8. The summed E-state index contributed by atoms with van der Waals surface area (Å²) in [4.78, 5) is 0. The van der Waals surface area contributed by atoms with Gasteiger partial charge < -0.3 is 4.74 Å². The Hall–Kier alpha value is -0.600. The minimum absolute atomic E-state index is 0.0277. The van der Waals surface area contributed by atoms with Crippen LogP contribution in [0, 0.1) is 0 Å². The Kier molecular flexibility index (Phi) is 7.20. The van der Waals surface area contributed by atoms with Gasteiger partial charge in [0.2, 0.25) is 0 Å². The molecule has 0 aliphatic rings. The molecule has 0 fully saturated rings. The summed E-state index contributed by atoms with van der Waals surface area (Å²) in [5.41, 5.74) is 0. The van der Waals surface area contributed by atoms with Crippen LogP contribution in [0.4, 0.5) is 35.1 Å². The van der Waals surface area contributed by atoms with E-state index in [2.05, 4.69) is 4.74 Å². The summed E-state index contributed by atoms with van der Waals surface area (Å²) in [5.74, 6) is -6.17. The lowest BCUT2D eigenvalue weighted by Crippen LogP contribution is -2.54. The Balaban J connectivity index is 4.35. The van der Waals surface area contributed by atoms with E-state index in [1.165, 1.54) is 0 Å². The van der Waals surface area contributed by atoms with Gasteiger partial charge in [-0.2, -0.15) is 30.7 Å². The molecule has 0 aromatic rings. The van der Waals surface area contributed by atoms with Crippen LogP contribution >= 0.6 is 0 Å². The fraction of sp³-hybridized carbons (Fsp3) is 1.00. The van der Waals surface area contributed by atoms with Crippen molar-refractivity contribution in [1.29, 1.82) is 0 Å². The topological polar surface area (TPSA) is 9.23 Å². The van der Waals surface area contributed by atoms with Crippen LogP contribution in [0.5, 0.6) is 0 Å².